The van der Waals surface area contributed by atoms with Crippen LogP contribution < -0.4 is 4.74 Å². The van der Waals surface area contributed by atoms with Gasteiger partial charge in [0.2, 0.25) is 5.88 Å². The van der Waals surface area contributed by atoms with Crippen LogP contribution in [0.15, 0.2) is 48.5 Å². The number of rotatable bonds is 3. The van der Waals surface area contributed by atoms with E-state index in [0.29, 0.717) is 17.3 Å². The Morgan fingerprint density at radius 1 is 1.10 bits per heavy atom. The lowest BCUT2D eigenvalue weighted by molar-refractivity contribution is 0.395. The highest BCUT2D eigenvalue weighted by Crippen LogP contribution is 2.33. The minimum atomic E-state index is -0.256. The number of fused-ring (bicyclic) bond motifs is 1. The molecule has 0 saturated heterocycles. The van der Waals surface area contributed by atoms with Gasteiger partial charge in [0.05, 0.1) is 17.6 Å². The second kappa shape index (κ2) is 5.70. The summed E-state index contributed by atoms with van der Waals surface area (Å²) in [6, 6.07) is 14.0. The fourth-order valence-corrected chi connectivity index (χ4v) is 2.63. The number of halogens is 2. The third kappa shape index (κ3) is 2.69. The van der Waals surface area contributed by atoms with Crippen LogP contribution in [0.2, 0.25) is 5.02 Å². The second-order valence-electron chi connectivity index (χ2n) is 4.73. The molecular formula is C17H13ClFNO. The molecule has 0 atom stereocenters. The van der Waals surface area contributed by atoms with Gasteiger partial charge in [-0.15, -0.1) is 0 Å². The topological polar surface area (TPSA) is 22.1 Å². The summed E-state index contributed by atoms with van der Waals surface area (Å²) < 4.78 is 18.4. The van der Waals surface area contributed by atoms with E-state index >= 15 is 0 Å². The molecule has 1 aromatic heterocycles. The Bertz CT molecular complexity index is 787. The predicted octanol–water partition coefficient (Wildman–Crippen LogP) is 4.63. The molecule has 0 bridgehead atoms. The number of para-hydroxylation sites is 1. The number of benzene rings is 2. The molecule has 0 amide bonds. The van der Waals surface area contributed by atoms with Crippen LogP contribution in [-0.2, 0) is 6.42 Å². The van der Waals surface area contributed by atoms with Crippen LogP contribution in [-0.4, -0.2) is 12.1 Å². The number of nitrogens with zero attached hydrogens (tertiary/aromatic N) is 1. The number of ether oxygens (including phenoxy) is 1. The van der Waals surface area contributed by atoms with Gasteiger partial charge in [-0.1, -0.05) is 41.9 Å². The van der Waals surface area contributed by atoms with Gasteiger partial charge in [-0.3, -0.25) is 0 Å². The predicted molar refractivity (Wildman–Crippen MR) is 82.5 cm³/mol. The molecule has 0 unspecified atom stereocenters. The third-order valence-corrected chi connectivity index (χ3v) is 3.80. The van der Waals surface area contributed by atoms with E-state index in [1.54, 1.807) is 19.2 Å². The van der Waals surface area contributed by atoms with E-state index in [2.05, 4.69) is 4.98 Å². The van der Waals surface area contributed by atoms with Crippen LogP contribution in [0.5, 0.6) is 5.88 Å². The summed E-state index contributed by atoms with van der Waals surface area (Å²) in [5.41, 5.74) is 2.56. The van der Waals surface area contributed by atoms with Gasteiger partial charge in [0.25, 0.3) is 0 Å². The molecule has 2 nitrogen and oxygen atoms in total. The van der Waals surface area contributed by atoms with Gasteiger partial charge in [-0.25, -0.2) is 9.37 Å². The Morgan fingerprint density at radius 2 is 1.81 bits per heavy atom. The van der Waals surface area contributed by atoms with Crippen molar-refractivity contribution in [3.05, 3.63) is 70.5 Å². The maximum atomic E-state index is 13.0. The van der Waals surface area contributed by atoms with Gasteiger partial charge in [0.1, 0.15) is 5.82 Å². The van der Waals surface area contributed by atoms with Crippen LogP contribution in [0.3, 0.4) is 0 Å². The van der Waals surface area contributed by atoms with E-state index in [0.717, 1.165) is 22.0 Å². The number of aromatic nitrogens is 1. The molecular weight excluding hydrogens is 289 g/mol. The van der Waals surface area contributed by atoms with Crippen molar-refractivity contribution in [1.29, 1.82) is 0 Å². The molecule has 2 aromatic carbocycles. The van der Waals surface area contributed by atoms with Gasteiger partial charge in [0.15, 0.2) is 0 Å². The first-order valence-corrected chi connectivity index (χ1v) is 6.92. The zero-order valence-corrected chi connectivity index (χ0v) is 12.2. The summed E-state index contributed by atoms with van der Waals surface area (Å²) in [4.78, 5) is 4.49. The monoisotopic (exact) mass is 301 g/mol. The number of hydrogen-bond acceptors (Lipinski definition) is 2. The normalized spacial score (nSPS) is 10.8. The molecule has 21 heavy (non-hydrogen) atoms. The first kappa shape index (κ1) is 13.8. The van der Waals surface area contributed by atoms with E-state index in [1.807, 2.05) is 24.3 Å². The molecule has 106 valence electrons. The molecule has 0 aliphatic heterocycles. The summed E-state index contributed by atoms with van der Waals surface area (Å²) in [7, 11) is 1.57. The van der Waals surface area contributed by atoms with Crippen molar-refractivity contribution in [2.75, 3.05) is 7.11 Å². The minimum absolute atomic E-state index is 0.256. The summed E-state index contributed by atoms with van der Waals surface area (Å²) in [6.07, 6.45) is 0.542. The van der Waals surface area contributed by atoms with Gasteiger partial charge in [-0.2, -0.15) is 0 Å². The van der Waals surface area contributed by atoms with Crippen molar-refractivity contribution in [1.82, 2.24) is 4.98 Å². The van der Waals surface area contributed by atoms with Crippen LogP contribution >= 0.6 is 11.6 Å². The Kier molecular flexibility index (Phi) is 3.76. The summed E-state index contributed by atoms with van der Waals surface area (Å²) in [5.74, 6) is 0.247. The Labute approximate surface area is 127 Å². The van der Waals surface area contributed by atoms with E-state index in [1.165, 1.54) is 12.1 Å². The van der Waals surface area contributed by atoms with Crippen molar-refractivity contribution in [3.8, 4) is 5.88 Å². The lowest BCUT2D eigenvalue weighted by Gasteiger charge is -2.12. The SMILES string of the molecule is COc1nc2ccccc2c(Cl)c1Cc1ccc(F)cc1. The average molecular weight is 302 g/mol. The third-order valence-electron chi connectivity index (χ3n) is 3.37. The summed E-state index contributed by atoms with van der Waals surface area (Å²) in [6.45, 7) is 0. The molecule has 0 aliphatic carbocycles. The van der Waals surface area contributed by atoms with Gasteiger partial charge in [-0.05, 0) is 23.8 Å². The highest BCUT2D eigenvalue weighted by atomic mass is 35.5. The summed E-state index contributed by atoms with van der Waals surface area (Å²) in [5, 5.41) is 1.51. The van der Waals surface area contributed by atoms with Crippen molar-refractivity contribution >= 4 is 22.5 Å². The number of methoxy groups -OCH3 is 1. The molecule has 3 aromatic rings. The lowest BCUT2D eigenvalue weighted by atomic mass is 10.0. The largest absolute Gasteiger partial charge is 0.481 e. The molecule has 0 N–H and O–H groups in total. The maximum Gasteiger partial charge on any atom is 0.218 e. The molecule has 0 fully saturated rings. The van der Waals surface area contributed by atoms with Crippen molar-refractivity contribution in [2.45, 2.75) is 6.42 Å². The zero-order chi connectivity index (χ0) is 14.8. The first-order chi connectivity index (χ1) is 10.2. The smallest absolute Gasteiger partial charge is 0.218 e. The standard InChI is InChI=1S/C17H13ClFNO/c1-21-17-14(10-11-6-8-12(19)9-7-11)16(18)13-4-2-3-5-15(13)20-17/h2-9H,10H2,1H3. The van der Waals surface area contributed by atoms with Gasteiger partial charge in [0, 0.05) is 17.4 Å². The van der Waals surface area contributed by atoms with E-state index < -0.39 is 0 Å². The van der Waals surface area contributed by atoms with Crippen molar-refractivity contribution < 1.29 is 9.13 Å². The van der Waals surface area contributed by atoms with Crippen molar-refractivity contribution in [2.24, 2.45) is 0 Å². The molecule has 4 heteroatoms. The van der Waals surface area contributed by atoms with Crippen LogP contribution in [0.1, 0.15) is 11.1 Å². The number of hydrogen-bond donors (Lipinski definition) is 0. The highest BCUT2D eigenvalue weighted by molar-refractivity contribution is 6.36. The second-order valence-corrected chi connectivity index (χ2v) is 5.11. The molecule has 1 heterocycles. The fraction of sp³-hybridized carbons (Fsp3) is 0.118. The van der Waals surface area contributed by atoms with Gasteiger partial charge >= 0.3 is 0 Å². The van der Waals surface area contributed by atoms with E-state index in [9.17, 15) is 4.39 Å². The lowest BCUT2D eigenvalue weighted by Crippen LogP contribution is -1.99. The molecule has 3 rings (SSSR count). The molecule has 0 spiro atoms. The van der Waals surface area contributed by atoms with Crippen LogP contribution in [0, 0.1) is 5.82 Å². The Balaban J connectivity index is 2.12. The maximum absolute atomic E-state index is 13.0. The van der Waals surface area contributed by atoms with Gasteiger partial charge < -0.3 is 4.74 Å². The average Bonchev–Trinajstić information content (AvgIpc) is 2.52. The van der Waals surface area contributed by atoms with Crippen LogP contribution in [0.25, 0.3) is 10.9 Å². The van der Waals surface area contributed by atoms with E-state index in [-0.39, 0.29) is 5.82 Å². The fourth-order valence-electron chi connectivity index (χ4n) is 2.32. The van der Waals surface area contributed by atoms with E-state index in [4.69, 9.17) is 16.3 Å². The molecule has 0 aliphatic rings. The Morgan fingerprint density at radius 3 is 2.52 bits per heavy atom. The first-order valence-electron chi connectivity index (χ1n) is 6.54. The molecule has 0 radical (unpaired) electrons. The van der Waals surface area contributed by atoms with Crippen LogP contribution in [0.4, 0.5) is 4.39 Å². The minimum Gasteiger partial charge on any atom is -0.481 e. The van der Waals surface area contributed by atoms with Crippen molar-refractivity contribution in [3.63, 3.8) is 0 Å². The molecule has 0 saturated carbocycles. The highest BCUT2D eigenvalue weighted by Gasteiger charge is 2.14. The number of pyridine rings is 1. The summed E-state index contributed by atoms with van der Waals surface area (Å²) >= 11 is 6.51. The quantitative estimate of drug-likeness (QED) is 0.704. The zero-order valence-electron chi connectivity index (χ0n) is 11.4. The Hall–Kier alpha value is -2.13.